The van der Waals surface area contributed by atoms with E-state index in [-0.39, 0.29) is 17.0 Å². The van der Waals surface area contributed by atoms with E-state index in [0.29, 0.717) is 5.75 Å². The molecule has 2 fully saturated rings. The molecule has 0 bridgehead atoms. The third-order valence-electron chi connectivity index (χ3n) is 6.17. The molecule has 0 aromatic carbocycles. The van der Waals surface area contributed by atoms with Crippen molar-refractivity contribution in [2.45, 2.75) is 64.8 Å². The maximum Gasteiger partial charge on any atom is 0.357 e. The number of rotatable bonds is 8. The Morgan fingerprint density at radius 3 is 2.58 bits per heavy atom. The lowest BCUT2D eigenvalue weighted by Crippen LogP contribution is -2.64. The fourth-order valence-electron chi connectivity index (χ4n) is 4.10. The zero-order valence-corrected chi connectivity index (χ0v) is 20.9. The van der Waals surface area contributed by atoms with Crippen LogP contribution in [-0.2, 0) is 23.9 Å². The van der Waals surface area contributed by atoms with Gasteiger partial charge in [-0.25, -0.2) is 4.79 Å². The van der Waals surface area contributed by atoms with Gasteiger partial charge in [0, 0.05) is 18.8 Å². The average molecular weight is 481 g/mol. The molecular formula is C23H36N4O5S. The van der Waals surface area contributed by atoms with Gasteiger partial charge in [0.1, 0.15) is 11.1 Å². The number of amides is 1. The molecule has 1 amide bonds. The zero-order chi connectivity index (χ0) is 24.2. The summed E-state index contributed by atoms with van der Waals surface area (Å²) in [7, 11) is 0. The summed E-state index contributed by atoms with van der Waals surface area (Å²) in [6.07, 6.45) is 6.28. The third kappa shape index (κ3) is 6.09. The third-order valence-corrected chi connectivity index (χ3v) is 7.58. The Balaban J connectivity index is 1.52. The quantitative estimate of drug-likeness (QED) is 0.185. The van der Waals surface area contributed by atoms with Crippen LogP contribution in [0.1, 0.15) is 53.4 Å². The van der Waals surface area contributed by atoms with Gasteiger partial charge in [0.2, 0.25) is 6.79 Å². The van der Waals surface area contributed by atoms with Crippen molar-refractivity contribution in [3.8, 4) is 0 Å². The van der Waals surface area contributed by atoms with Crippen LogP contribution in [0, 0.1) is 11.3 Å². The number of carbonyl (C=O) groups is 3. The standard InChI is InChI=1S/C23H36N4O5S/c1-15-12-33-20-17(25-13-26-10-7-16(8-11-26)6-5-9-24)19(28)27(20)18(15)21(29)31-14-32-22(30)23(2,3)4/h13,16-17,20H,5-12,14,24H2,1-4H3/b25-13+/t17?,20-/m1/s1. The number of carbonyl (C=O) groups excluding carboxylic acids is 3. The summed E-state index contributed by atoms with van der Waals surface area (Å²) in [6, 6.07) is -0.500. The summed E-state index contributed by atoms with van der Waals surface area (Å²) in [5.41, 5.74) is 5.92. The number of esters is 2. The Labute approximate surface area is 200 Å². The SMILES string of the molecule is CC1=C(C(=O)OCOC(=O)C(C)(C)C)N2C(=O)C(/N=C/N3CCC(CCCN)CC3)[C@H]2SC1. The number of fused-ring (bicyclic) bond motifs is 1. The van der Waals surface area contributed by atoms with E-state index in [0.717, 1.165) is 50.4 Å². The molecule has 2 atom stereocenters. The van der Waals surface area contributed by atoms with E-state index < -0.39 is 30.2 Å². The predicted octanol–water partition coefficient (Wildman–Crippen LogP) is 2.11. The number of hydrogen-bond acceptors (Lipinski definition) is 8. The largest absolute Gasteiger partial charge is 0.427 e. The summed E-state index contributed by atoms with van der Waals surface area (Å²) in [5, 5.41) is -0.223. The lowest BCUT2D eigenvalue weighted by Gasteiger charge is -2.47. The Hall–Kier alpha value is -2.07. The summed E-state index contributed by atoms with van der Waals surface area (Å²) in [4.78, 5) is 45.6. The highest BCUT2D eigenvalue weighted by Crippen LogP contribution is 2.41. The van der Waals surface area contributed by atoms with Crippen LogP contribution in [0.2, 0.25) is 0 Å². The molecule has 3 aliphatic rings. The molecule has 9 nitrogen and oxygen atoms in total. The number of nitrogens with two attached hydrogens (primary N) is 1. The number of ether oxygens (including phenoxy) is 2. The average Bonchev–Trinajstić information content (AvgIpc) is 2.77. The van der Waals surface area contributed by atoms with Gasteiger partial charge in [-0.2, -0.15) is 0 Å². The molecular weight excluding hydrogens is 444 g/mol. The molecule has 2 N–H and O–H groups in total. The molecule has 3 rings (SSSR count). The van der Waals surface area contributed by atoms with Crippen molar-refractivity contribution >= 4 is 35.9 Å². The number of piperidine rings is 1. The molecule has 10 heteroatoms. The fraction of sp³-hybridized carbons (Fsp3) is 0.739. The summed E-state index contributed by atoms with van der Waals surface area (Å²) in [5.74, 6) is 0.00136. The Kier molecular flexibility index (Phi) is 8.44. The number of likely N-dealkylation sites (tertiary alicyclic amines) is 1. The maximum atomic E-state index is 12.9. The molecule has 0 aliphatic carbocycles. The van der Waals surface area contributed by atoms with Gasteiger partial charge in [-0.15, -0.1) is 11.8 Å². The first-order chi connectivity index (χ1) is 15.6. The Morgan fingerprint density at radius 1 is 1.24 bits per heavy atom. The molecule has 0 aromatic rings. The van der Waals surface area contributed by atoms with Crippen molar-refractivity contribution in [1.29, 1.82) is 0 Å². The van der Waals surface area contributed by atoms with Gasteiger partial charge in [0.15, 0.2) is 6.04 Å². The van der Waals surface area contributed by atoms with Gasteiger partial charge >= 0.3 is 11.9 Å². The van der Waals surface area contributed by atoms with E-state index in [9.17, 15) is 14.4 Å². The van der Waals surface area contributed by atoms with Crippen LogP contribution >= 0.6 is 11.8 Å². The first-order valence-corrected chi connectivity index (χ1v) is 12.6. The lowest BCUT2D eigenvalue weighted by atomic mass is 9.92. The van der Waals surface area contributed by atoms with E-state index in [1.54, 1.807) is 45.8 Å². The summed E-state index contributed by atoms with van der Waals surface area (Å²) in [6.45, 7) is 9.10. The van der Waals surface area contributed by atoms with Crippen molar-refractivity contribution < 1.29 is 23.9 Å². The van der Waals surface area contributed by atoms with Gasteiger partial charge in [0.25, 0.3) is 5.91 Å². The predicted molar refractivity (Wildman–Crippen MR) is 127 cm³/mol. The monoisotopic (exact) mass is 480 g/mol. The number of nitrogens with zero attached hydrogens (tertiary/aromatic N) is 3. The van der Waals surface area contributed by atoms with E-state index >= 15 is 0 Å². The van der Waals surface area contributed by atoms with Crippen LogP contribution in [0.5, 0.6) is 0 Å². The minimum atomic E-state index is -0.688. The molecule has 33 heavy (non-hydrogen) atoms. The first-order valence-electron chi connectivity index (χ1n) is 11.6. The summed E-state index contributed by atoms with van der Waals surface area (Å²) >= 11 is 1.59. The zero-order valence-electron chi connectivity index (χ0n) is 20.0. The highest BCUT2D eigenvalue weighted by Gasteiger charge is 2.53. The minimum absolute atomic E-state index is 0.209. The molecule has 184 valence electrons. The van der Waals surface area contributed by atoms with Crippen LogP contribution in [0.25, 0.3) is 0 Å². The molecule has 0 spiro atoms. The van der Waals surface area contributed by atoms with E-state index in [2.05, 4.69) is 9.89 Å². The van der Waals surface area contributed by atoms with Crippen molar-refractivity contribution in [2.24, 2.45) is 22.1 Å². The smallest absolute Gasteiger partial charge is 0.357 e. The molecule has 3 heterocycles. The first kappa shape index (κ1) is 25.6. The second kappa shape index (κ2) is 10.9. The van der Waals surface area contributed by atoms with Crippen LogP contribution in [0.3, 0.4) is 0 Å². The van der Waals surface area contributed by atoms with Gasteiger partial charge in [-0.05, 0) is 71.4 Å². The van der Waals surface area contributed by atoms with Crippen molar-refractivity contribution in [3.05, 3.63) is 11.3 Å². The van der Waals surface area contributed by atoms with Crippen molar-refractivity contribution in [2.75, 3.05) is 32.2 Å². The lowest BCUT2D eigenvalue weighted by molar-refractivity contribution is -0.173. The van der Waals surface area contributed by atoms with Crippen molar-refractivity contribution in [3.63, 3.8) is 0 Å². The van der Waals surface area contributed by atoms with Crippen LogP contribution in [-0.4, -0.2) is 77.6 Å². The van der Waals surface area contributed by atoms with Gasteiger partial charge in [0.05, 0.1) is 11.8 Å². The van der Waals surface area contributed by atoms with E-state index in [4.69, 9.17) is 15.2 Å². The molecule has 2 saturated heterocycles. The van der Waals surface area contributed by atoms with Gasteiger partial charge < -0.3 is 20.1 Å². The molecule has 0 saturated carbocycles. The minimum Gasteiger partial charge on any atom is -0.427 e. The summed E-state index contributed by atoms with van der Waals surface area (Å²) < 4.78 is 10.2. The number of β-lactam (4-membered cyclic amide) rings is 1. The topological polar surface area (TPSA) is 115 Å². The molecule has 3 aliphatic heterocycles. The molecule has 1 unspecified atom stereocenters. The molecule has 0 radical (unpaired) electrons. The van der Waals surface area contributed by atoms with Crippen LogP contribution in [0.4, 0.5) is 0 Å². The molecule has 0 aromatic heterocycles. The van der Waals surface area contributed by atoms with E-state index in [1.165, 1.54) is 11.3 Å². The van der Waals surface area contributed by atoms with Gasteiger partial charge in [-0.1, -0.05) is 0 Å². The van der Waals surface area contributed by atoms with Crippen molar-refractivity contribution in [1.82, 2.24) is 9.80 Å². The number of thioether (sulfide) groups is 1. The highest BCUT2D eigenvalue weighted by atomic mass is 32.2. The van der Waals surface area contributed by atoms with Crippen LogP contribution in [0.15, 0.2) is 16.3 Å². The van der Waals surface area contributed by atoms with Crippen LogP contribution < -0.4 is 5.73 Å². The number of hydrogen-bond donors (Lipinski definition) is 1. The van der Waals surface area contributed by atoms with E-state index in [1.807, 2.05) is 0 Å². The maximum absolute atomic E-state index is 12.9. The second-order valence-corrected chi connectivity index (χ2v) is 11.0. The number of aliphatic imine (C=N–C) groups is 1. The Bertz CT molecular complexity index is 814. The highest BCUT2D eigenvalue weighted by molar-refractivity contribution is 8.00. The second-order valence-electron chi connectivity index (χ2n) is 9.89. The van der Waals surface area contributed by atoms with Gasteiger partial charge in [-0.3, -0.25) is 19.5 Å². The normalized spacial score (nSPS) is 24.1. The Morgan fingerprint density at radius 2 is 1.94 bits per heavy atom. The fourth-order valence-corrected chi connectivity index (χ4v) is 5.38.